The number of rotatable bonds is 3. The van der Waals surface area contributed by atoms with Crippen molar-refractivity contribution in [2.24, 2.45) is 0 Å². The highest BCUT2D eigenvalue weighted by molar-refractivity contribution is 6.03. The third-order valence-corrected chi connectivity index (χ3v) is 1.96. The van der Waals surface area contributed by atoms with E-state index in [9.17, 15) is 9.59 Å². The van der Waals surface area contributed by atoms with Gasteiger partial charge >= 0.3 is 6.03 Å². The number of aliphatic hydroxyl groups is 1. The summed E-state index contributed by atoms with van der Waals surface area (Å²) in [7, 11) is 1.57. The number of carbonyl (C=O) groups excluding carboxylic acids is 2. The number of nitrogens with zero attached hydrogens (tertiary/aromatic N) is 1. The van der Waals surface area contributed by atoms with Crippen molar-refractivity contribution in [1.82, 2.24) is 10.2 Å². The van der Waals surface area contributed by atoms with Crippen molar-refractivity contribution in [3.8, 4) is 0 Å². The van der Waals surface area contributed by atoms with Crippen LogP contribution in [0.1, 0.15) is 12.8 Å². The lowest BCUT2D eigenvalue weighted by Gasteiger charge is -2.14. The smallest absolute Gasteiger partial charge is 0.324 e. The van der Waals surface area contributed by atoms with Crippen molar-refractivity contribution in [3.05, 3.63) is 0 Å². The minimum Gasteiger partial charge on any atom is -0.396 e. The first-order valence-electron chi connectivity index (χ1n) is 3.85. The zero-order valence-corrected chi connectivity index (χ0v) is 6.91. The molecule has 0 saturated carbocycles. The number of nitrogens with one attached hydrogen (secondary N) is 1. The summed E-state index contributed by atoms with van der Waals surface area (Å²) < 4.78 is 0. The summed E-state index contributed by atoms with van der Waals surface area (Å²) in [6, 6.07) is -0.757. The SMILES string of the molecule is CN1C(=O)NC(=O)C1CCCO. The van der Waals surface area contributed by atoms with Gasteiger partial charge in [0.2, 0.25) is 0 Å². The molecule has 5 heteroatoms. The van der Waals surface area contributed by atoms with E-state index in [2.05, 4.69) is 5.32 Å². The van der Waals surface area contributed by atoms with Crippen LogP contribution in [0.25, 0.3) is 0 Å². The second-order valence-electron chi connectivity index (χ2n) is 2.79. The first-order chi connectivity index (χ1) is 5.66. The van der Waals surface area contributed by atoms with Crippen LogP contribution in [0, 0.1) is 0 Å². The van der Waals surface area contributed by atoms with Gasteiger partial charge in [-0.1, -0.05) is 0 Å². The Morgan fingerprint density at radius 3 is 2.67 bits per heavy atom. The van der Waals surface area contributed by atoms with E-state index < -0.39 is 6.04 Å². The number of aliphatic hydroxyl groups excluding tert-OH is 1. The molecule has 1 fully saturated rings. The van der Waals surface area contributed by atoms with Crippen molar-refractivity contribution in [1.29, 1.82) is 0 Å². The molecule has 0 aromatic carbocycles. The standard InChI is InChI=1S/C7H12N2O3/c1-9-5(3-2-4-10)6(11)8-7(9)12/h5,10H,2-4H2,1H3,(H,8,11,12). The van der Waals surface area contributed by atoms with E-state index >= 15 is 0 Å². The van der Waals surface area contributed by atoms with Crippen LogP contribution in [-0.2, 0) is 4.79 Å². The number of carbonyl (C=O) groups is 2. The van der Waals surface area contributed by atoms with E-state index in [4.69, 9.17) is 5.11 Å². The van der Waals surface area contributed by atoms with Crippen molar-refractivity contribution >= 4 is 11.9 Å². The molecule has 0 aromatic heterocycles. The summed E-state index contributed by atoms with van der Waals surface area (Å²) in [5.41, 5.74) is 0. The largest absolute Gasteiger partial charge is 0.396 e. The van der Waals surface area contributed by atoms with Gasteiger partial charge in [0, 0.05) is 13.7 Å². The second kappa shape index (κ2) is 3.53. The van der Waals surface area contributed by atoms with E-state index in [1.807, 2.05) is 0 Å². The molecule has 0 spiro atoms. The Kier molecular flexibility index (Phi) is 2.65. The minimum atomic E-state index is -0.398. The Bertz CT molecular complexity index is 205. The van der Waals surface area contributed by atoms with E-state index in [-0.39, 0.29) is 18.5 Å². The zero-order valence-electron chi connectivity index (χ0n) is 6.91. The van der Waals surface area contributed by atoms with Crippen LogP contribution in [0.15, 0.2) is 0 Å². The Hall–Kier alpha value is -1.10. The quantitative estimate of drug-likeness (QED) is 0.553. The van der Waals surface area contributed by atoms with Gasteiger partial charge in [0.05, 0.1) is 0 Å². The molecule has 0 radical (unpaired) electrons. The maximum Gasteiger partial charge on any atom is 0.324 e. The minimum absolute atomic E-state index is 0.0474. The number of amides is 3. The zero-order chi connectivity index (χ0) is 9.14. The van der Waals surface area contributed by atoms with Crippen LogP contribution in [0.3, 0.4) is 0 Å². The predicted molar refractivity (Wildman–Crippen MR) is 41.4 cm³/mol. The summed E-state index contributed by atoms with van der Waals surface area (Å²) >= 11 is 0. The van der Waals surface area contributed by atoms with Gasteiger partial charge in [-0.05, 0) is 12.8 Å². The van der Waals surface area contributed by atoms with Crippen LogP contribution in [-0.4, -0.2) is 41.6 Å². The molecule has 1 aliphatic heterocycles. The van der Waals surface area contributed by atoms with Crippen molar-refractivity contribution in [2.45, 2.75) is 18.9 Å². The van der Waals surface area contributed by atoms with Gasteiger partial charge in [-0.2, -0.15) is 0 Å². The van der Waals surface area contributed by atoms with Crippen LogP contribution in [0.2, 0.25) is 0 Å². The van der Waals surface area contributed by atoms with Gasteiger partial charge in [-0.3, -0.25) is 10.1 Å². The molecular formula is C7H12N2O3. The molecule has 5 nitrogen and oxygen atoms in total. The molecule has 1 heterocycles. The summed E-state index contributed by atoms with van der Waals surface area (Å²) in [5.74, 6) is -0.268. The topological polar surface area (TPSA) is 69.6 Å². The fourth-order valence-electron chi connectivity index (χ4n) is 1.20. The highest BCUT2D eigenvalue weighted by atomic mass is 16.3. The summed E-state index contributed by atoms with van der Waals surface area (Å²) in [6.45, 7) is 0.0474. The molecule has 1 atom stereocenters. The van der Waals surface area contributed by atoms with Gasteiger partial charge < -0.3 is 10.0 Å². The molecule has 1 unspecified atom stereocenters. The van der Waals surface area contributed by atoms with Crippen molar-refractivity contribution < 1.29 is 14.7 Å². The Morgan fingerprint density at radius 1 is 1.58 bits per heavy atom. The van der Waals surface area contributed by atoms with Crippen LogP contribution < -0.4 is 5.32 Å². The normalized spacial score (nSPS) is 23.2. The summed E-state index contributed by atoms with van der Waals surface area (Å²) in [5, 5.41) is 10.7. The van der Waals surface area contributed by atoms with Gasteiger partial charge in [-0.25, -0.2) is 4.79 Å². The molecule has 0 aliphatic carbocycles. The molecule has 2 N–H and O–H groups in total. The summed E-state index contributed by atoms with van der Waals surface area (Å²) in [4.78, 5) is 23.3. The monoisotopic (exact) mass is 172 g/mol. The molecule has 1 saturated heterocycles. The lowest BCUT2D eigenvalue weighted by molar-refractivity contribution is -0.121. The van der Waals surface area contributed by atoms with E-state index in [1.165, 1.54) is 4.90 Å². The Morgan fingerprint density at radius 2 is 2.25 bits per heavy atom. The Balaban J connectivity index is 2.51. The molecule has 3 amide bonds. The predicted octanol–water partition coefficient (Wildman–Crippen LogP) is -0.691. The highest BCUT2D eigenvalue weighted by Gasteiger charge is 2.34. The van der Waals surface area contributed by atoms with Gasteiger partial charge in [0.25, 0.3) is 5.91 Å². The maximum absolute atomic E-state index is 11.0. The van der Waals surface area contributed by atoms with Gasteiger partial charge in [-0.15, -0.1) is 0 Å². The van der Waals surface area contributed by atoms with Crippen LogP contribution in [0.5, 0.6) is 0 Å². The van der Waals surface area contributed by atoms with E-state index in [1.54, 1.807) is 7.05 Å². The lowest BCUT2D eigenvalue weighted by atomic mass is 10.1. The van der Waals surface area contributed by atoms with Gasteiger partial charge in [0.1, 0.15) is 6.04 Å². The highest BCUT2D eigenvalue weighted by Crippen LogP contribution is 2.10. The number of likely N-dealkylation sites (N-methyl/N-ethyl adjacent to an activating group) is 1. The molecular weight excluding hydrogens is 160 g/mol. The maximum atomic E-state index is 11.0. The van der Waals surface area contributed by atoms with Crippen LogP contribution in [0.4, 0.5) is 4.79 Å². The molecule has 0 aromatic rings. The number of imide groups is 1. The molecule has 68 valence electrons. The molecule has 1 aliphatic rings. The average molecular weight is 172 g/mol. The van der Waals surface area contributed by atoms with Crippen molar-refractivity contribution in [2.75, 3.05) is 13.7 Å². The number of hydrogen-bond acceptors (Lipinski definition) is 3. The first-order valence-corrected chi connectivity index (χ1v) is 3.85. The van der Waals surface area contributed by atoms with E-state index in [0.29, 0.717) is 12.8 Å². The Labute approximate surface area is 70.4 Å². The fraction of sp³-hybridized carbons (Fsp3) is 0.714. The average Bonchev–Trinajstić information content (AvgIpc) is 2.25. The third-order valence-electron chi connectivity index (χ3n) is 1.96. The summed E-state index contributed by atoms with van der Waals surface area (Å²) in [6.07, 6.45) is 1.06. The molecule has 1 rings (SSSR count). The van der Waals surface area contributed by atoms with E-state index in [0.717, 1.165) is 0 Å². The first kappa shape index (κ1) is 8.99. The third kappa shape index (κ3) is 1.55. The van der Waals surface area contributed by atoms with Crippen molar-refractivity contribution in [3.63, 3.8) is 0 Å². The number of urea groups is 1. The van der Waals surface area contributed by atoms with Crippen LogP contribution >= 0.6 is 0 Å². The second-order valence-corrected chi connectivity index (χ2v) is 2.79. The fourth-order valence-corrected chi connectivity index (χ4v) is 1.20. The molecule has 12 heavy (non-hydrogen) atoms. The molecule has 0 bridgehead atoms. The number of hydrogen-bond donors (Lipinski definition) is 2. The lowest BCUT2D eigenvalue weighted by Crippen LogP contribution is -2.31. The van der Waals surface area contributed by atoms with Gasteiger partial charge in [0.15, 0.2) is 0 Å².